The predicted molar refractivity (Wildman–Crippen MR) is 77.4 cm³/mol. The third-order valence-electron chi connectivity index (χ3n) is 3.58. The van der Waals surface area contributed by atoms with E-state index in [-0.39, 0.29) is 23.0 Å². The van der Waals surface area contributed by atoms with Crippen LogP contribution in [0.25, 0.3) is 0 Å². The Morgan fingerprint density at radius 1 is 1.50 bits per heavy atom. The zero-order valence-electron chi connectivity index (χ0n) is 11.5. The maximum atomic E-state index is 13.4. The van der Waals surface area contributed by atoms with Crippen molar-refractivity contribution in [1.82, 2.24) is 0 Å². The maximum Gasteiger partial charge on any atom is 0.308 e. The van der Waals surface area contributed by atoms with Crippen molar-refractivity contribution in [1.29, 1.82) is 0 Å². The van der Waals surface area contributed by atoms with E-state index < -0.39 is 5.82 Å². The first-order valence-electron chi connectivity index (χ1n) is 6.98. The van der Waals surface area contributed by atoms with Gasteiger partial charge in [-0.1, -0.05) is 18.0 Å². The molecule has 5 heteroatoms. The molecular formula is C15H19ClFNO2. The Morgan fingerprint density at radius 3 is 3.00 bits per heavy atom. The van der Waals surface area contributed by atoms with Gasteiger partial charge in [-0.3, -0.25) is 4.79 Å². The molecule has 0 radical (unpaired) electrons. The molecular weight excluding hydrogens is 281 g/mol. The number of rotatable bonds is 4. The SMILES string of the molecule is CCOC(=O)C1CCCC(Nc2ccc(Cl)c(F)c2)C1. The molecule has 3 nitrogen and oxygen atoms in total. The van der Waals surface area contributed by atoms with Crippen LogP contribution >= 0.6 is 11.6 Å². The van der Waals surface area contributed by atoms with Crippen molar-refractivity contribution in [2.75, 3.05) is 11.9 Å². The second-order valence-electron chi connectivity index (χ2n) is 5.09. The van der Waals surface area contributed by atoms with Crippen LogP contribution in [0.1, 0.15) is 32.6 Å². The van der Waals surface area contributed by atoms with Crippen LogP contribution in [-0.2, 0) is 9.53 Å². The van der Waals surface area contributed by atoms with Gasteiger partial charge in [-0.05, 0) is 44.4 Å². The van der Waals surface area contributed by atoms with Gasteiger partial charge in [0.15, 0.2) is 0 Å². The lowest BCUT2D eigenvalue weighted by atomic mass is 9.85. The Balaban J connectivity index is 1.95. The second kappa shape index (κ2) is 6.93. The number of benzene rings is 1. The van der Waals surface area contributed by atoms with Gasteiger partial charge in [0.1, 0.15) is 5.82 Å². The van der Waals surface area contributed by atoms with E-state index >= 15 is 0 Å². The number of carbonyl (C=O) groups is 1. The number of halogens is 2. The molecule has 0 aliphatic heterocycles. The smallest absolute Gasteiger partial charge is 0.308 e. The number of hydrogen-bond donors (Lipinski definition) is 1. The molecule has 0 amide bonds. The molecule has 1 N–H and O–H groups in total. The van der Waals surface area contributed by atoms with Crippen LogP contribution in [0, 0.1) is 11.7 Å². The summed E-state index contributed by atoms with van der Waals surface area (Å²) in [4.78, 5) is 11.8. The highest BCUT2D eigenvalue weighted by atomic mass is 35.5. The Morgan fingerprint density at radius 2 is 2.30 bits per heavy atom. The second-order valence-corrected chi connectivity index (χ2v) is 5.49. The summed E-state index contributed by atoms with van der Waals surface area (Å²) >= 11 is 5.66. The minimum Gasteiger partial charge on any atom is -0.466 e. The number of hydrogen-bond acceptors (Lipinski definition) is 3. The molecule has 110 valence electrons. The fraction of sp³-hybridized carbons (Fsp3) is 0.533. The third-order valence-corrected chi connectivity index (χ3v) is 3.89. The normalized spacial score (nSPS) is 22.4. The van der Waals surface area contributed by atoms with Gasteiger partial charge < -0.3 is 10.1 Å². The molecule has 0 bridgehead atoms. The van der Waals surface area contributed by atoms with E-state index in [0.717, 1.165) is 25.7 Å². The average molecular weight is 300 g/mol. The minimum absolute atomic E-state index is 0.0571. The Hall–Kier alpha value is -1.29. The Kier molecular flexibility index (Phi) is 5.24. The molecule has 1 aromatic rings. The summed E-state index contributed by atoms with van der Waals surface area (Å²) in [5.41, 5.74) is 0.696. The van der Waals surface area contributed by atoms with Crippen LogP contribution in [0.3, 0.4) is 0 Å². The molecule has 2 rings (SSSR count). The summed E-state index contributed by atoms with van der Waals surface area (Å²) in [6, 6.07) is 4.83. The van der Waals surface area contributed by atoms with Crippen LogP contribution < -0.4 is 5.32 Å². The van der Waals surface area contributed by atoms with Gasteiger partial charge >= 0.3 is 5.97 Å². The van der Waals surface area contributed by atoms with Crippen molar-refractivity contribution < 1.29 is 13.9 Å². The standard InChI is InChI=1S/C15H19ClFNO2/c1-2-20-15(19)10-4-3-5-11(8-10)18-12-6-7-13(16)14(17)9-12/h6-7,9-11,18H,2-5,8H2,1H3. The van der Waals surface area contributed by atoms with Gasteiger partial charge in [0.2, 0.25) is 0 Å². The minimum atomic E-state index is -0.436. The highest BCUT2D eigenvalue weighted by Gasteiger charge is 2.28. The molecule has 20 heavy (non-hydrogen) atoms. The topological polar surface area (TPSA) is 38.3 Å². The van der Waals surface area contributed by atoms with E-state index in [1.54, 1.807) is 6.07 Å². The molecule has 0 spiro atoms. The number of nitrogens with one attached hydrogen (secondary N) is 1. The molecule has 2 unspecified atom stereocenters. The Bertz CT molecular complexity index is 481. The van der Waals surface area contributed by atoms with Crippen LogP contribution in [-0.4, -0.2) is 18.6 Å². The summed E-state index contributed by atoms with van der Waals surface area (Å²) in [5.74, 6) is -0.617. The van der Waals surface area contributed by atoms with Gasteiger partial charge in [0.05, 0.1) is 17.5 Å². The number of carbonyl (C=O) groups excluding carboxylic acids is 1. The average Bonchev–Trinajstić information content (AvgIpc) is 2.43. The first-order valence-corrected chi connectivity index (χ1v) is 7.36. The summed E-state index contributed by atoms with van der Waals surface area (Å²) in [6.45, 7) is 2.22. The van der Waals surface area contributed by atoms with Gasteiger partial charge in [-0.25, -0.2) is 4.39 Å². The quantitative estimate of drug-likeness (QED) is 0.854. The molecule has 1 aliphatic rings. The largest absolute Gasteiger partial charge is 0.466 e. The van der Waals surface area contributed by atoms with Crippen molar-refractivity contribution in [3.8, 4) is 0 Å². The lowest BCUT2D eigenvalue weighted by molar-refractivity contribution is -0.149. The summed E-state index contributed by atoms with van der Waals surface area (Å²) in [5, 5.41) is 3.38. The number of esters is 1. The zero-order chi connectivity index (χ0) is 14.5. The Labute approximate surface area is 123 Å². The summed E-state index contributed by atoms with van der Waals surface area (Å²) in [7, 11) is 0. The lowest BCUT2D eigenvalue weighted by Gasteiger charge is -2.29. The molecule has 2 atom stereocenters. The predicted octanol–water partition coefficient (Wildman–Crippen LogP) is 4.01. The molecule has 1 fully saturated rings. The first-order chi connectivity index (χ1) is 9.60. The first kappa shape index (κ1) is 15.1. The van der Waals surface area contributed by atoms with Crippen molar-refractivity contribution in [3.05, 3.63) is 29.0 Å². The fourth-order valence-corrected chi connectivity index (χ4v) is 2.73. The van der Waals surface area contributed by atoms with Crippen LogP contribution in [0.2, 0.25) is 5.02 Å². The van der Waals surface area contributed by atoms with Crippen LogP contribution in [0.4, 0.5) is 10.1 Å². The molecule has 0 saturated heterocycles. The number of anilines is 1. The van der Waals surface area contributed by atoms with Gasteiger partial charge in [-0.15, -0.1) is 0 Å². The van der Waals surface area contributed by atoms with Crippen LogP contribution in [0.5, 0.6) is 0 Å². The van der Waals surface area contributed by atoms with Crippen molar-refractivity contribution >= 4 is 23.3 Å². The van der Waals surface area contributed by atoms with E-state index in [1.807, 2.05) is 6.92 Å². The summed E-state index contributed by atoms with van der Waals surface area (Å²) in [6.07, 6.45) is 3.53. The highest BCUT2D eigenvalue weighted by molar-refractivity contribution is 6.30. The highest BCUT2D eigenvalue weighted by Crippen LogP contribution is 2.28. The maximum absolute atomic E-state index is 13.4. The third kappa shape index (κ3) is 3.85. The summed E-state index contributed by atoms with van der Waals surface area (Å²) < 4.78 is 18.5. The van der Waals surface area contributed by atoms with Gasteiger partial charge in [-0.2, -0.15) is 0 Å². The molecule has 0 aromatic heterocycles. The van der Waals surface area contributed by atoms with Gasteiger partial charge in [0, 0.05) is 11.7 Å². The van der Waals surface area contributed by atoms with Crippen molar-refractivity contribution in [3.63, 3.8) is 0 Å². The zero-order valence-corrected chi connectivity index (χ0v) is 12.3. The monoisotopic (exact) mass is 299 g/mol. The molecule has 1 aromatic carbocycles. The van der Waals surface area contributed by atoms with Crippen molar-refractivity contribution in [2.45, 2.75) is 38.6 Å². The van der Waals surface area contributed by atoms with E-state index in [0.29, 0.717) is 12.3 Å². The fourth-order valence-electron chi connectivity index (χ4n) is 2.62. The number of ether oxygens (including phenoxy) is 1. The lowest BCUT2D eigenvalue weighted by Crippen LogP contribution is -2.32. The van der Waals surface area contributed by atoms with E-state index in [1.165, 1.54) is 12.1 Å². The van der Waals surface area contributed by atoms with E-state index in [4.69, 9.17) is 16.3 Å². The molecule has 1 aliphatic carbocycles. The molecule has 1 saturated carbocycles. The van der Waals surface area contributed by atoms with E-state index in [2.05, 4.69) is 5.32 Å². The molecule has 0 heterocycles. The van der Waals surface area contributed by atoms with Crippen LogP contribution in [0.15, 0.2) is 18.2 Å². The van der Waals surface area contributed by atoms with Gasteiger partial charge in [0.25, 0.3) is 0 Å². The van der Waals surface area contributed by atoms with E-state index in [9.17, 15) is 9.18 Å². The van der Waals surface area contributed by atoms with Crippen molar-refractivity contribution in [2.24, 2.45) is 5.92 Å².